The van der Waals surface area contributed by atoms with E-state index in [2.05, 4.69) is 0 Å². The third kappa shape index (κ3) is 2.11. The first-order chi connectivity index (χ1) is 8.44. The fourth-order valence-corrected chi connectivity index (χ4v) is 3.77. The summed E-state index contributed by atoms with van der Waals surface area (Å²) in [6.07, 6.45) is 0.716. The van der Waals surface area contributed by atoms with Crippen molar-refractivity contribution in [1.82, 2.24) is 4.31 Å². The third-order valence-corrected chi connectivity index (χ3v) is 4.85. The Morgan fingerprint density at radius 2 is 2.06 bits per heavy atom. The average Bonchev–Trinajstić information content (AvgIpc) is 2.78. The number of nitrogens with zero attached hydrogens (tertiary/aromatic N) is 1. The van der Waals surface area contributed by atoms with Crippen molar-refractivity contribution in [3.8, 4) is 0 Å². The molecule has 7 heteroatoms. The second-order valence-corrected chi connectivity index (χ2v) is 5.90. The molecule has 1 unspecified atom stereocenters. The molecule has 1 aromatic carbocycles. The molecule has 0 radical (unpaired) electrons. The van der Waals surface area contributed by atoms with Gasteiger partial charge in [0.15, 0.2) is 0 Å². The van der Waals surface area contributed by atoms with Gasteiger partial charge in [0.1, 0.15) is 16.8 Å². The lowest BCUT2D eigenvalue weighted by Gasteiger charge is -2.21. The van der Waals surface area contributed by atoms with Crippen LogP contribution in [-0.4, -0.2) is 36.4 Å². The molecule has 2 rings (SSSR count). The number of sulfonamides is 1. The van der Waals surface area contributed by atoms with Crippen LogP contribution in [0.3, 0.4) is 0 Å². The van der Waals surface area contributed by atoms with Crippen molar-refractivity contribution in [3.63, 3.8) is 0 Å². The van der Waals surface area contributed by atoms with Crippen LogP contribution in [0.15, 0.2) is 29.2 Å². The zero-order valence-electron chi connectivity index (χ0n) is 9.41. The minimum Gasteiger partial charge on any atom is -0.480 e. The fraction of sp³-hybridized carbons (Fsp3) is 0.364. The molecule has 0 aliphatic carbocycles. The van der Waals surface area contributed by atoms with E-state index >= 15 is 0 Å². The summed E-state index contributed by atoms with van der Waals surface area (Å²) in [6.45, 7) is 0.105. The van der Waals surface area contributed by atoms with E-state index in [9.17, 15) is 17.6 Å². The molecule has 0 aromatic heterocycles. The highest BCUT2D eigenvalue weighted by Crippen LogP contribution is 2.27. The lowest BCUT2D eigenvalue weighted by Crippen LogP contribution is -2.40. The topological polar surface area (TPSA) is 74.7 Å². The zero-order chi connectivity index (χ0) is 13.3. The molecule has 1 aromatic rings. The van der Waals surface area contributed by atoms with Crippen molar-refractivity contribution >= 4 is 16.0 Å². The molecule has 0 bridgehead atoms. The van der Waals surface area contributed by atoms with E-state index in [1.54, 1.807) is 0 Å². The van der Waals surface area contributed by atoms with Gasteiger partial charge in [0.2, 0.25) is 10.0 Å². The van der Waals surface area contributed by atoms with E-state index in [1.165, 1.54) is 12.1 Å². The monoisotopic (exact) mass is 273 g/mol. The summed E-state index contributed by atoms with van der Waals surface area (Å²) in [5.74, 6) is -2.07. The van der Waals surface area contributed by atoms with Crippen LogP contribution in [0.5, 0.6) is 0 Å². The van der Waals surface area contributed by atoms with Gasteiger partial charge < -0.3 is 5.11 Å². The van der Waals surface area contributed by atoms with Crippen LogP contribution in [0.1, 0.15) is 12.8 Å². The van der Waals surface area contributed by atoms with Gasteiger partial charge in [-0.2, -0.15) is 4.31 Å². The SMILES string of the molecule is O=C(O)C1CCCN1S(=O)(=O)c1ccccc1F. The van der Waals surface area contributed by atoms with E-state index in [1.807, 2.05) is 0 Å². The van der Waals surface area contributed by atoms with Crippen LogP contribution in [-0.2, 0) is 14.8 Å². The summed E-state index contributed by atoms with van der Waals surface area (Å²) in [4.78, 5) is 10.5. The van der Waals surface area contributed by atoms with Gasteiger partial charge >= 0.3 is 5.97 Å². The van der Waals surface area contributed by atoms with Crippen LogP contribution in [0.4, 0.5) is 4.39 Å². The number of benzene rings is 1. The predicted octanol–water partition coefficient (Wildman–Crippen LogP) is 1.06. The number of halogens is 1. The van der Waals surface area contributed by atoms with Crippen LogP contribution in [0.25, 0.3) is 0 Å². The molecule has 0 amide bonds. The molecule has 98 valence electrons. The minimum atomic E-state index is -4.09. The van der Waals surface area contributed by atoms with Gasteiger partial charge in [-0.15, -0.1) is 0 Å². The van der Waals surface area contributed by atoms with Gasteiger partial charge in [-0.1, -0.05) is 12.1 Å². The molecular formula is C11H12FNO4S. The number of carboxylic acid groups (broad SMARTS) is 1. The maximum absolute atomic E-state index is 13.5. The molecule has 1 saturated heterocycles. The maximum atomic E-state index is 13.5. The molecule has 1 N–H and O–H groups in total. The Morgan fingerprint density at radius 3 is 2.67 bits per heavy atom. The number of rotatable bonds is 3. The van der Waals surface area contributed by atoms with Gasteiger partial charge in [-0.05, 0) is 25.0 Å². The van der Waals surface area contributed by atoms with Crippen molar-refractivity contribution in [2.24, 2.45) is 0 Å². The molecule has 1 aliphatic heterocycles. The minimum absolute atomic E-state index is 0.105. The Bertz CT molecular complexity index is 572. The molecule has 0 spiro atoms. The van der Waals surface area contributed by atoms with Crippen molar-refractivity contribution in [2.45, 2.75) is 23.8 Å². The Labute approximate surface area is 104 Å². The van der Waals surface area contributed by atoms with E-state index in [0.29, 0.717) is 6.42 Å². The quantitative estimate of drug-likeness (QED) is 0.893. The molecule has 1 fully saturated rings. The van der Waals surface area contributed by atoms with Gasteiger partial charge in [0.25, 0.3) is 0 Å². The molecule has 1 heterocycles. The lowest BCUT2D eigenvalue weighted by atomic mass is 10.2. The predicted molar refractivity (Wildman–Crippen MR) is 60.9 cm³/mol. The summed E-state index contributed by atoms with van der Waals surface area (Å²) in [7, 11) is -4.09. The van der Waals surface area contributed by atoms with Crippen molar-refractivity contribution < 1.29 is 22.7 Å². The summed E-state index contributed by atoms with van der Waals surface area (Å²) in [5, 5.41) is 8.96. The van der Waals surface area contributed by atoms with E-state index < -0.39 is 32.7 Å². The first kappa shape index (κ1) is 13.0. The molecular weight excluding hydrogens is 261 g/mol. The third-order valence-electron chi connectivity index (χ3n) is 2.91. The van der Waals surface area contributed by atoms with Crippen molar-refractivity contribution in [3.05, 3.63) is 30.1 Å². The second-order valence-electron chi connectivity index (χ2n) is 4.04. The van der Waals surface area contributed by atoms with Gasteiger partial charge in [0.05, 0.1) is 0 Å². The van der Waals surface area contributed by atoms with Crippen LogP contribution < -0.4 is 0 Å². The molecule has 0 saturated carbocycles. The molecule has 5 nitrogen and oxygen atoms in total. The van der Waals surface area contributed by atoms with Gasteiger partial charge in [0, 0.05) is 6.54 Å². The Kier molecular flexibility index (Phi) is 3.36. The Hall–Kier alpha value is -1.47. The average molecular weight is 273 g/mol. The molecule has 18 heavy (non-hydrogen) atoms. The van der Waals surface area contributed by atoms with Crippen molar-refractivity contribution in [1.29, 1.82) is 0 Å². The second kappa shape index (κ2) is 4.66. The number of hydrogen-bond donors (Lipinski definition) is 1. The highest BCUT2D eigenvalue weighted by molar-refractivity contribution is 7.89. The fourth-order valence-electron chi connectivity index (χ4n) is 2.05. The molecule has 1 aliphatic rings. The summed E-state index contributed by atoms with van der Waals surface area (Å²) in [5.41, 5.74) is 0. The van der Waals surface area contributed by atoms with Crippen molar-refractivity contribution in [2.75, 3.05) is 6.54 Å². The number of aliphatic carboxylic acids is 1. The number of hydrogen-bond acceptors (Lipinski definition) is 3. The standard InChI is InChI=1S/C11H12FNO4S/c12-8-4-1-2-6-10(8)18(16,17)13-7-3-5-9(13)11(14)15/h1-2,4,6,9H,3,5,7H2,(H,14,15). The van der Waals surface area contributed by atoms with Crippen LogP contribution >= 0.6 is 0 Å². The Morgan fingerprint density at radius 1 is 1.39 bits per heavy atom. The highest BCUT2D eigenvalue weighted by Gasteiger charge is 2.40. The number of carboxylic acids is 1. The van der Waals surface area contributed by atoms with Gasteiger partial charge in [-0.3, -0.25) is 4.79 Å². The molecule has 1 atom stereocenters. The summed E-state index contributed by atoms with van der Waals surface area (Å²) < 4.78 is 38.8. The first-order valence-electron chi connectivity index (χ1n) is 5.44. The maximum Gasteiger partial charge on any atom is 0.322 e. The summed E-state index contributed by atoms with van der Waals surface area (Å²) in [6, 6.07) is 3.87. The largest absolute Gasteiger partial charge is 0.480 e. The Balaban J connectivity index is 2.43. The normalized spacial score (nSPS) is 21.1. The lowest BCUT2D eigenvalue weighted by molar-refractivity contribution is -0.140. The van der Waals surface area contributed by atoms with Crippen LogP contribution in [0, 0.1) is 5.82 Å². The smallest absolute Gasteiger partial charge is 0.322 e. The first-order valence-corrected chi connectivity index (χ1v) is 6.88. The number of carbonyl (C=O) groups is 1. The zero-order valence-corrected chi connectivity index (χ0v) is 10.2. The van der Waals surface area contributed by atoms with E-state index in [-0.39, 0.29) is 13.0 Å². The van der Waals surface area contributed by atoms with Crippen LogP contribution in [0.2, 0.25) is 0 Å². The van der Waals surface area contributed by atoms with Gasteiger partial charge in [-0.25, -0.2) is 12.8 Å². The van der Waals surface area contributed by atoms with E-state index in [4.69, 9.17) is 5.11 Å². The van der Waals surface area contributed by atoms with E-state index in [0.717, 1.165) is 16.4 Å². The summed E-state index contributed by atoms with van der Waals surface area (Å²) >= 11 is 0. The highest BCUT2D eigenvalue weighted by atomic mass is 32.2.